The number of imidazole rings is 1. The Bertz CT molecular complexity index is 1050. The summed E-state index contributed by atoms with van der Waals surface area (Å²) in [6.45, 7) is 4.86. The third-order valence-electron chi connectivity index (χ3n) is 4.57. The van der Waals surface area contributed by atoms with Crippen LogP contribution in [-0.2, 0) is 22.6 Å². The smallest absolute Gasteiger partial charge is 0.243 e. The van der Waals surface area contributed by atoms with Gasteiger partial charge in [-0.1, -0.05) is 55.4 Å². The molecule has 0 saturated carbocycles. The molecular formula is C22H25ClN4O2S. The highest BCUT2D eigenvalue weighted by molar-refractivity contribution is 7.99. The van der Waals surface area contributed by atoms with Gasteiger partial charge in [-0.2, -0.15) is 0 Å². The molecule has 0 unspecified atom stereocenters. The molecule has 6 nitrogen and oxygen atoms in total. The van der Waals surface area contributed by atoms with Crippen molar-refractivity contribution in [3.63, 3.8) is 0 Å². The number of hydrogen-bond acceptors (Lipinski definition) is 4. The molecule has 3 rings (SSSR count). The Balaban J connectivity index is 1.55. The number of amides is 2. The molecule has 0 aliphatic rings. The van der Waals surface area contributed by atoms with Crippen LogP contribution in [0, 0.1) is 0 Å². The van der Waals surface area contributed by atoms with E-state index in [-0.39, 0.29) is 24.1 Å². The molecule has 0 radical (unpaired) electrons. The van der Waals surface area contributed by atoms with Crippen LogP contribution in [0.25, 0.3) is 11.0 Å². The van der Waals surface area contributed by atoms with Gasteiger partial charge < -0.3 is 15.2 Å². The Kier molecular flexibility index (Phi) is 7.76. The Hall–Kier alpha value is -2.51. The summed E-state index contributed by atoms with van der Waals surface area (Å²) in [5.74, 6) is -0.284. The zero-order chi connectivity index (χ0) is 21.5. The van der Waals surface area contributed by atoms with Gasteiger partial charge in [0.05, 0.1) is 23.3 Å². The Morgan fingerprint density at radius 1 is 1.13 bits per heavy atom. The van der Waals surface area contributed by atoms with Crippen LogP contribution < -0.4 is 10.6 Å². The third-order valence-corrected chi connectivity index (χ3v) is 5.78. The highest BCUT2D eigenvalue weighted by Gasteiger charge is 2.14. The van der Waals surface area contributed by atoms with Crippen molar-refractivity contribution < 1.29 is 9.59 Å². The molecule has 158 valence electrons. The van der Waals surface area contributed by atoms with Crippen LogP contribution in [0.1, 0.15) is 25.8 Å². The number of nitrogens with one attached hydrogen (secondary N) is 2. The van der Waals surface area contributed by atoms with E-state index < -0.39 is 0 Å². The van der Waals surface area contributed by atoms with Gasteiger partial charge >= 0.3 is 0 Å². The topological polar surface area (TPSA) is 76.0 Å². The van der Waals surface area contributed by atoms with Gasteiger partial charge in [0, 0.05) is 17.3 Å². The molecule has 1 aromatic heterocycles. The van der Waals surface area contributed by atoms with E-state index in [1.165, 1.54) is 11.8 Å². The normalized spacial score (nSPS) is 10.9. The number of rotatable bonds is 9. The first-order chi connectivity index (χ1) is 14.5. The van der Waals surface area contributed by atoms with Gasteiger partial charge in [-0.05, 0) is 42.7 Å². The fourth-order valence-electron chi connectivity index (χ4n) is 3.14. The number of carbonyl (C=O) groups is 2. The number of halogens is 1. The lowest BCUT2D eigenvalue weighted by Crippen LogP contribution is -2.34. The minimum atomic E-state index is -0.248. The monoisotopic (exact) mass is 444 g/mol. The van der Waals surface area contributed by atoms with Crippen LogP contribution in [0.4, 0.5) is 5.69 Å². The maximum Gasteiger partial charge on any atom is 0.243 e. The number of anilines is 1. The molecule has 2 amide bonds. The van der Waals surface area contributed by atoms with Crippen molar-refractivity contribution in [1.29, 1.82) is 0 Å². The van der Waals surface area contributed by atoms with E-state index in [1.807, 2.05) is 49.4 Å². The molecule has 0 atom stereocenters. The number of fused-ring (bicyclic) bond motifs is 1. The summed E-state index contributed by atoms with van der Waals surface area (Å²) < 4.78 is 2.10. The number of nitrogens with zero attached hydrogens (tertiary/aromatic N) is 2. The van der Waals surface area contributed by atoms with Crippen LogP contribution in [0.3, 0.4) is 0 Å². The second-order valence-electron chi connectivity index (χ2n) is 6.80. The van der Waals surface area contributed by atoms with E-state index in [9.17, 15) is 9.59 Å². The van der Waals surface area contributed by atoms with Crippen molar-refractivity contribution in [2.75, 3.05) is 17.6 Å². The van der Waals surface area contributed by atoms with Gasteiger partial charge in [-0.25, -0.2) is 4.98 Å². The highest BCUT2D eigenvalue weighted by atomic mass is 35.5. The van der Waals surface area contributed by atoms with Crippen molar-refractivity contribution in [1.82, 2.24) is 14.9 Å². The standard InChI is InChI=1S/C22H25ClN4O2S/c1-3-11-27-19-10-9-16(23)12-18(19)26-22(27)30-14-21(29)24-13-20(28)25-17-8-6-5-7-15(17)4-2/h5-10,12H,3-4,11,13-14H2,1-2H3,(H,24,29)(H,25,28). The maximum atomic E-state index is 12.3. The highest BCUT2D eigenvalue weighted by Crippen LogP contribution is 2.26. The van der Waals surface area contributed by atoms with E-state index in [0.29, 0.717) is 5.02 Å². The summed E-state index contributed by atoms with van der Waals surface area (Å²) in [7, 11) is 0. The van der Waals surface area contributed by atoms with Crippen molar-refractivity contribution in [3.05, 3.63) is 53.1 Å². The number of aromatic nitrogens is 2. The first-order valence-electron chi connectivity index (χ1n) is 9.94. The molecule has 0 aliphatic heterocycles. The first-order valence-corrected chi connectivity index (χ1v) is 11.3. The predicted molar refractivity (Wildman–Crippen MR) is 123 cm³/mol. The summed E-state index contributed by atoms with van der Waals surface area (Å²) >= 11 is 7.43. The Morgan fingerprint density at radius 2 is 1.93 bits per heavy atom. The molecule has 8 heteroatoms. The molecule has 2 aromatic carbocycles. The van der Waals surface area contributed by atoms with E-state index in [1.54, 1.807) is 0 Å². The molecular weight excluding hydrogens is 420 g/mol. The molecule has 2 N–H and O–H groups in total. The van der Waals surface area contributed by atoms with Crippen molar-refractivity contribution in [2.45, 2.75) is 38.4 Å². The predicted octanol–water partition coefficient (Wildman–Crippen LogP) is 4.51. The Morgan fingerprint density at radius 3 is 2.70 bits per heavy atom. The summed E-state index contributed by atoms with van der Waals surface area (Å²) in [5, 5.41) is 6.93. The van der Waals surface area contributed by atoms with Crippen LogP contribution in [0.2, 0.25) is 5.02 Å². The van der Waals surface area contributed by atoms with Crippen molar-refractivity contribution >= 4 is 51.9 Å². The lowest BCUT2D eigenvalue weighted by atomic mass is 10.1. The fraction of sp³-hybridized carbons (Fsp3) is 0.318. The number of aryl methyl sites for hydroxylation is 2. The van der Waals surface area contributed by atoms with Crippen LogP contribution in [-0.4, -0.2) is 33.7 Å². The van der Waals surface area contributed by atoms with E-state index in [4.69, 9.17) is 11.6 Å². The zero-order valence-electron chi connectivity index (χ0n) is 17.1. The van der Waals surface area contributed by atoms with Gasteiger partial charge in [-0.3, -0.25) is 9.59 Å². The molecule has 30 heavy (non-hydrogen) atoms. The fourth-order valence-corrected chi connectivity index (χ4v) is 4.17. The van der Waals surface area contributed by atoms with Gasteiger partial charge in [-0.15, -0.1) is 0 Å². The molecule has 1 heterocycles. The van der Waals surface area contributed by atoms with E-state index >= 15 is 0 Å². The van der Waals surface area contributed by atoms with E-state index in [2.05, 4.69) is 27.1 Å². The summed E-state index contributed by atoms with van der Waals surface area (Å²) in [6, 6.07) is 13.3. The van der Waals surface area contributed by atoms with Crippen LogP contribution in [0.5, 0.6) is 0 Å². The average molecular weight is 445 g/mol. The van der Waals surface area contributed by atoms with Crippen LogP contribution >= 0.6 is 23.4 Å². The lowest BCUT2D eigenvalue weighted by molar-refractivity contribution is -0.122. The molecule has 0 spiro atoms. The summed E-state index contributed by atoms with van der Waals surface area (Å²) in [4.78, 5) is 29.1. The first kappa shape index (κ1) is 22.2. The van der Waals surface area contributed by atoms with Gasteiger partial charge in [0.2, 0.25) is 11.8 Å². The second-order valence-corrected chi connectivity index (χ2v) is 8.18. The van der Waals surface area contributed by atoms with Gasteiger partial charge in [0.25, 0.3) is 0 Å². The number of thioether (sulfide) groups is 1. The Labute approximate surface area is 185 Å². The average Bonchev–Trinajstić information content (AvgIpc) is 3.08. The van der Waals surface area contributed by atoms with E-state index in [0.717, 1.165) is 46.8 Å². The largest absolute Gasteiger partial charge is 0.346 e. The minimum Gasteiger partial charge on any atom is -0.346 e. The third kappa shape index (κ3) is 5.55. The number of benzene rings is 2. The van der Waals surface area contributed by atoms with Crippen molar-refractivity contribution in [3.8, 4) is 0 Å². The minimum absolute atomic E-state index is 0.0710. The zero-order valence-corrected chi connectivity index (χ0v) is 18.6. The number of carbonyl (C=O) groups excluding carboxylic acids is 2. The van der Waals surface area contributed by atoms with Gasteiger partial charge in [0.15, 0.2) is 5.16 Å². The number of para-hydroxylation sites is 1. The number of hydrogen-bond donors (Lipinski definition) is 2. The molecule has 0 aliphatic carbocycles. The molecule has 0 saturated heterocycles. The second kappa shape index (κ2) is 10.5. The maximum absolute atomic E-state index is 12.3. The SMILES string of the molecule is CCCn1c(SCC(=O)NCC(=O)Nc2ccccc2CC)nc2cc(Cl)ccc21. The molecule has 3 aromatic rings. The summed E-state index contributed by atoms with van der Waals surface area (Å²) in [6.07, 6.45) is 1.77. The van der Waals surface area contributed by atoms with Gasteiger partial charge in [0.1, 0.15) is 0 Å². The van der Waals surface area contributed by atoms with Crippen LogP contribution in [0.15, 0.2) is 47.6 Å². The quantitative estimate of drug-likeness (QED) is 0.476. The molecule has 0 bridgehead atoms. The van der Waals surface area contributed by atoms with Crippen molar-refractivity contribution in [2.24, 2.45) is 0 Å². The molecule has 0 fully saturated rings. The summed E-state index contributed by atoms with van der Waals surface area (Å²) in [5.41, 5.74) is 3.65. The lowest BCUT2D eigenvalue weighted by Gasteiger charge is -2.10.